The number of aliphatic hydroxyl groups is 1. The highest BCUT2D eigenvalue weighted by molar-refractivity contribution is 7.89. The van der Waals surface area contributed by atoms with Gasteiger partial charge in [0.1, 0.15) is 10.6 Å². The Morgan fingerprint density at radius 3 is 2.55 bits per heavy atom. The second-order valence-electron chi connectivity index (χ2n) is 5.16. The summed E-state index contributed by atoms with van der Waals surface area (Å²) in [7, 11) is -3.82. The van der Waals surface area contributed by atoms with E-state index in [1.54, 1.807) is 0 Å². The van der Waals surface area contributed by atoms with Gasteiger partial charge < -0.3 is 15.2 Å². The van der Waals surface area contributed by atoms with Crippen LogP contribution in [0.2, 0.25) is 0 Å². The molecule has 2 rings (SSSR count). The number of carbonyl (C=O) groups is 1. The molecule has 1 aliphatic carbocycles. The maximum absolute atomic E-state index is 12.0. The van der Waals surface area contributed by atoms with Crippen molar-refractivity contribution in [2.45, 2.75) is 42.6 Å². The summed E-state index contributed by atoms with van der Waals surface area (Å²) in [5.41, 5.74) is -1.20. The van der Waals surface area contributed by atoms with Crippen molar-refractivity contribution in [2.24, 2.45) is 0 Å². The number of aromatic amines is 1. The van der Waals surface area contributed by atoms with Crippen LogP contribution < -0.4 is 4.72 Å². The number of rotatable bonds is 5. The van der Waals surface area contributed by atoms with E-state index in [0.29, 0.717) is 12.8 Å². The van der Waals surface area contributed by atoms with Gasteiger partial charge in [-0.3, -0.25) is 0 Å². The maximum Gasteiger partial charge on any atom is 0.352 e. The lowest BCUT2D eigenvalue weighted by Gasteiger charge is -2.31. The molecular weight excluding hydrogens is 284 g/mol. The van der Waals surface area contributed by atoms with Crippen LogP contribution in [0.1, 0.15) is 42.6 Å². The van der Waals surface area contributed by atoms with Gasteiger partial charge in [-0.1, -0.05) is 19.3 Å². The standard InChI is InChI=1S/C12H18N2O5S/c15-11(16)10-6-9(7-13-10)20(18,19)14-8-12(17)4-2-1-3-5-12/h6-7,13-14,17H,1-5,8H2,(H,15,16). The number of aromatic carboxylic acids is 1. The van der Waals surface area contributed by atoms with Gasteiger partial charge in [-0.05, 0) is 18.9 Å². The molecule has 0 unspecified atom stereocenters. The van der Waals surface area contributed by atoms with Crippen LogP contribution in [0.5, 0.6) is 0 Å². The molecule has 4 N–H and O–H groups in total. The van der Waals surface area contributed by atoms with Crippen molar-refractivity contribution in [3.8, 4) is 0 Å². The Bertz CT molecular complexity index is 587. The smallest absolute Gasteiger partial charge is 0.352 e. The van der Waals surface area contributed by atoms with Crippen molar-refractivity contribution in [3.05, 3.63) is 18.0 Å². The van der Waals surface area contributed by atoms with Gasteiger partial charge in [0.15, 0.2) is 0 Å². The summed E-state index contributed by atoms with van der Waals surface area (Å²) in [6.07, 6.45) is 5.08. The minimum absolute atomic E-state index is 0.0527. The highest BCUT2D eigenvalue weighted by atomic mass is 32.2. The van der Waals surface area contributed by atoms with E-state index in [9.17, 15) is 18.3 Å². The Morgan fingerprint density at radius 2 is 2.00 bits per heavy atom. The number of hydrogen-bond donors (Lipinski definition) is 4. The molecule has 1 heterocycles. The minimum atomic E-state index is -3.82. The number of aromatic nitrogens is 1. The van der Waals surface area contributed by atoms with E-state index in [2.05, 4.69) is 9.71 Å². The van der Waals surface area contributed by atoms with Gasteiger partial charge in [0.05, 0.1) is 5.60 Å². The molecule has 20 heavy (non-hydrogen) atoms. The fourth-order valence-corrected chi connectivity index (χ4v) is 3.46. The molecule has 0 amide bonds. The molecular formula is C12H18N2O5S. The molecule has 0 radical (unpaired) electrons. The number of H-pyrrole nitrogens is 1. The monoisotopic (exact) mass is 302 g/mol. The highest BCUT2D eigenvalue weighted by Crippen LogP contribution is 2.27. The van der Waals surface area contributed by atoms with Crippen LogP contribution in [-0.2, 0) is 10.0 Å². The van der Waals surface area contributed by atoms with E-state index < -0.39 is 21.6 Å². The normalized spacial score (nSPS) is 18.9. The number of sulfonamides is 1. The summed E-state index contributed by atoms with van der Waals surface area (Å²) >= 11 is 0. The molecule has 0 aliphatic heterocycles. The molecule has 0 spiro atoms. The van der Waals surface area contributed by atoms with Gasteiger partial charge >= 0.3 is 5.97 Å². The van der Waals surface area contributed by atoms with Gasteiger partial charge in [-0.2, -0.15) is 0 Å². The molecule has 1 saturated carbocycles. The first-order chi connectivity index (χ1) is 9.32. The predicted octanol–water partition coefficient (Wildman–Crippen LogP) is 0.686. The summed E-state index contributed by atoms with van der Waals surface area (Å²) < 4.78 is 26.4. The molecule has 1 aliphatic rings. The fourth-order valence-electron chi connectivity index (χ4n) is 2.35. The summed E-state index contributed by atoms with van der Waals surface area (Å²) in [6.45, 7) is -0.0527. The third kappa shape index (κ3) is 3.38. The van der Waals surface area contributed by atoms with Gasteiger partial charge in [-0.25, -0.2) is 17.9 Å². The number of carboxylic acid groups (broad SMARTS) is 1. The molecule has 112 valence electrons. The van der Waals surface area contributed by atoms with E-state index in [4.69, 9.17) is 5.11 Å². The fraction of sp³-hybridized carbons (Fsp3) is 0.583. The summed E-state index contributed by atoms with van der Waals surface area (Å²) in [5.74, 6) is -1.22. The molecule has 0 atom stereocenters. The summed E-state index contributed by atoms with van der Waals surface area (Å²) in [5, 5.41) is 19.0. The van der Waals surface area contributed by atoms with E-state index >= 15 is 0 Å². The molecule has 1 aromatic heterocycles. The van der Waals surface area contributed by atoms with Crippen LogP contribution in [0, 0.1) is 0 Å². The van der Waals surface area contributed by atoms with Gasteiger partial charge in [0.25, 0.3) is 0 Å². The van der Waals surface area contributed by atoms with Crippen LogP contribution in [0.3, 0.4) is 0 Å². The van der Waals surface area contributed by atoms with Gasteiger partial charge in [0.2, 0.25) is 10.0 Å². The zero-order valence-electron chi connectivity index (χ0n) is 10.9. The third-order valence-electron chi connectivity index (χ3n) is 3.57. The lowest BCUT2D eigenvalue weighted by Crippen LogP contribution is -2.44. The van der Waals surface area contributed by atoms with Crippen molar-refractivity contribution in [3.63, 3.8) is 0 Å². The van der Waals surface area contributed by atoms with Crippen molar-refractivity contribution < 1.29 is 23.4 Å². The van der Waals surface area contributed by atoms with E-state index in [-0.39, 0.29) is 17.1 Å². The second kappa shape index (κ2) is 5.55. The number of nitrogens with one attached hydrogen (secondary N) is 2. The third-order valence-corrected chi connectivity index (χ3v) is 4.95. The first kappa shape index (κ1) is 15.0. The van der Waals surface area contributed by atoms with Crippen molar-refractivity contribution in [2.75, 3.05) is 6.54 Å². The molecule has 0 saturated heterocycles. The molecule has 1 aromatic rings. The highest BCUT2D eigenvalue weighted by Gasteiger charge is 2.31. The average molecular weight is 302 g/mol. The molecule has 0 aromatic carbocycles. The molecule has 1 fully saturated rings. The first-order valence-corrected chi connectivity index (χ1v) is 7.94. The van der Waals surface area contributed by atoms with Crippen LogP contribution in [0.15, 0.2) is 17.2 Å². The van der Waals surface area contributed by atoms with Gasteiger partial charge in [0, 0.05) is 12.7 Å². The lowest BCUT2D eigenvalue weighted by molar-refractivity contribution is 0.00945. The Balaban J connectivity index is 2.05. The second-order valence-corrected chi connectivity index (χ2v) is 6.93. The molecule has 0 bridgehead atoms. The predicted molar refractivity (Wildman–Crippen MR) is 71.0 cm³/mol. The maximum atomic E-state index is 12.0. The van der Waals surface area contributed by atoms with Crippen molar-refractivity contribution in [1.29, 1.82) is 0 Å². The topological polar surface area (TPSA) is 119 Å². The minimum Gasteiger partial charge on any atom is -0.477 e. The first-order valence-electron chi connectivity index (χ1n) is 6.46. The lowest BCUT2D eigenvalue weighted by atomic mass is 9.85. The number of hydrogen-bond acceptors (Lipinski definition) is 4. The average Bonchev–Trinajstić information content (AvgIpc) is 2.88. The SMILES string of the molecule is O=C(O)c1cc(S(=O)(=O)NCC2(O)CCCCC2)c[nH]1. The number of carboxylic acids is 1. The molecule has 7 nitrogen and oxygen atoms in total. The Kier molecular flexibility index (Phi) is 4.17. The van der Waals surface area contributed by atoms with Crippen LogP contribution in [0.25, 0.3) is 0 Å². The van der Waals surface area contributed by atoms with Crippen LogP contribution in [0.4, 0.5) is 0 Å². The Labute approximate surface area is 117 Å². The molecule has 8 heteroatoms. The summed E-state index contributed by atoms with van der Waals surface area (Å²) in [4.78, 5) is 12.9. The van der Waals surface area contributed by atoms with Crippen molar-refractivity contribution >= 4 is 16.0 Å². The van der Waals surface area contributed by atoms with Crippen molar-refractivity contribution in [1.82, 2.24) is 9.71 Å². The Morgan fingerprint density at radius 1 is 1.35 bits per heavy atom. The largest absolute Gasteiger partial charge is 0.477 e. The zero-order chi connectivity index (χ0) is 14.8. The van der Waals surface area contributed by atoms with Crippen LogP contribution >= 0.6 is 0 Å². The van der Waals surface area contributed by atoms with Gasteiger partial charge in [-0.15, -0.1) is 0 Å². The van der Waals surface area contributed by atoms with Crippen LogP contribution in [-0.4, -0.2) is 41.7 Å². The zero-order valence-corrected chi connectivity index (χ0v) is 11.7. The summed E-state index contributed by atoms with van der Waals surface area (Å²) in [6, 6.07) is 1.05. The quantitative estimate of drug-likeness (QED) is 0.638. The van der Waals surface area contributed by atoms with E-state index in [0.717, 1.165) is 31.5 Å². The van der Waals surface area contributed by atoms with E-state index in [1.807, 2.05) is 0 Å². The Hall–Kier alpha value is -1.38. The van der Waals surface area contributed by atoms with E-state index in [1.165, 1.54) is 0 Å².